The van der Waals surface area contributed by atoms with Gasteiger partial charge >= 0.3 is 5.69 Å². The number of benzene rings is 1. The van der Waals surface area contributed by atoms with Crippen LogP contribution in [0.1, 0.15) is 44.6 Å². The first kappa shape index (κ1) is 23.9. The molecule has 0 spiro atoms. The van der Waals surface area contributed by atoms with Crippen molar-refractivity contribution in [2.24, 2.45) is 0 Å². The summed E-state index contributed by atoms with van der Waals surface area (Å²) >= 11 is 0. The molecule has 1 fully saturated rings. The van der Waals surface area contributed by atoms with Gasteiger partial charge in [0.1, 0.15) is 6.54 Å². The lowest BCUT2D eigenvalue weighted by Gasteiger charge is -2.43. The molecular weight excluding hydrogens is 432 g/mol. The van der Waals surface area contributed by atoms with E-state index in [0.29, 0.717) is 24.3 Å². The molecule has 1 aromatic carbocycles. The summed E-state index contributed by atoms with van der Waals surface area (Å²) in [5.74, 6) is -0.334. The van der Waals surface area contributed by atoms with Crippen LogP contribution in [0, 0.1) is 0 Å². The van der Waals surface area contributed by atoms with Crippen molar-refractivity contribution in [2.75, 3.05) is 20.6 Å². The van der Waals surface area contributed by atoms with Crippen molar-refractivity contribution in [1.82, 2.24) is 28.9 Å². The molecule has 1 aliphatic rings. The van der Waals surface area contributed by atoms with Crippen LogP contribution in [0.3, 0.4) is 0 Å². The summed E-state index contributed by atoms with van der Waals surface area (Å²) < 4.78 is 4.24. The highest BCUT2D eigenvalue weighted by atomic mass is 16.2. The third-order valence-corrected chi connectivity index (χ3v) is 7.16. The summed E-state index contributed by atoms with van der Waals surface area (Å²) in [7, 11) is 4.09. The number of amides is 1. The smallest absolute Gasteiger partial charge is 0.333 e. The molecule has 0 atom stereocenters. The maximum absolute atomic E-state index is 13.4. The van der Waals surface area contributed by atoms with E-state index in [1.54, 1.807) is 10.9 Å². The fourth-order valence-corrected chi connectivity index (χ4v) is 4.98. The SMILES string of the molecule is CCn1cnc2c1c(=O)n(CC(=O)NCC1(N(C)C)CCCCC1)c(=O)n2Cc1ccccc1. The Labute approximate surface area is 199 Å². The largest absolute Gasteiger partial charge is 0.353 e. The second-order valence-electron chi connectivity index (χ2n) is 9.40. The average molecular weight is 467 g/mol. The normalized spacial score (nSPS) is 15.6. The molecule has 182 valence electrons. The summed E-state index contributed by atoms with van der Waals surface area (Å²) in [6, 6.07) is 9.55. The van der Waals surface area contributed by atoms with Gasteiger partial charge in [0.25, 0.3) is 5.56 Å². The van der Waals surface area contributed by atoms with E-state index in [0.717, 1.165) is 35.8 Å². The molecule has 0 unspecified atom stereocenters. The molecule has 1 amide bonds. The van der Waals surface area contributed by atoms with Gasteiger partial charge in [0.2, 0.25) is 5.91 Å². The van der Waals surface area contributed by atoms with E-state index in [1.165, 1.54) is 11.0 Å². The third kappa shape index (κ3) is 4.57. The van der Waals surface area contributed by atoms with Gasteiger partial charge in [-0.1, -0.05) is 49.6 Å². The van der Waals surface area contributed by atoms with Crippen LogP contribution >= 0.6 is 0 Å². The van der Waals surface area contributed by atoms with Gasteiger partial charge in [-0.15, -0.1) is 0 Å². The highest BCUT2D eigenvalue weighted by molar-refractivity contribution is 5.76. The van der Waals surface area contributed by atoms with E-state index in [4.69, 9.17) is 0 Å². The summed E-state index contributed by atoms with van der Waals surface area (Å²) in [6.45, 7) is 2.90. The zero-order valence-electron chi connectivity index (χ0n) is 20.3. The van der Waals surface area contributed by atoms with E-state index >= 15 is 0 Å². The molecule has 1 saturated carbocycles. The average Bonchev–Trinajstić information content (AvgIpc) is 3.28. The predicted molar refractivity (Wildman–Crippen MR) is 132 cm³/mol. The minimum absolute atomic E-state index is 0.0861. The topological polar surface area (TPSA) is 94.2 Å². The monoisotopic (exact) mass is 466 g/mol. The molecule has 1 aliphatic carbocycles. The number of likely N-dealkylation sites (N-methyl/N-ethyl adjacent to an activating group) is 1. The number of aryl methyl sites for hydroxylation is 1. The summed E-state index contributed by atoms with van der Waals surface area (Å²) in [4.78, 5) is 46.2. The lowest BCUT2D eigenvalue weighted by molar-refractivity contribution is -0.122. The Morgan fingerprint density at radius 3 is 2.44 bits per heavy atom. The Morgan fingerprint density at radius 2 is 1.79 bits per heavy atom. The Kier molecular flexibility index (Phi) is 7.02. The molecule has 9 heteroatoms. The van der Waals surface area contributed by atoms with Crippen molar-refractivity contribution in [2.45, 2.75) is 64.2 Å². The van der Waals surface area contributed by atoms with Crippen molar-refractivity contribution in [3.05, 3.63) is 63.1 Å². The fraction of sp³-hybridized carbons (Fsp3) is 0.520. The molecule has 0 aliphatic heterocycles. The maximum Gasteiger partial charge on any atom is 0.333 e. The molecule has 4 rings (SSSR count). The number of hydrogen-bond acceptors (Lipinski definition) is 5. The van der Waals surface area contributed by atoms with Gasteiger partial charge in [0, 0.05) is 18.6 Å². The molecule has 1 N–H and O–H groups in total. The van der Waals surface area contributed by atoms with Crippen molar-refractivity contribution < 1.29 is 4.79 Å². The van der Waals surface area contributed by atoms with Gasteiger partial charge in [0.05, 0.1) is 12.9 Å². The summed E-state index contributed by atoms with van der Waals surface area (Å²) in [5.41, 5.74) is 0.486. The zero-order valence-corrected chi connectivity index (χ0v) is 20.3. The third-order valence-electron chi connectivity index (χ3n) is 7.16. The van der Waals surface area contributed by atoms with Gasteiger partial charge in [0.15, 0.2) is 11.2 Å². The van der Waals surface area contributed by atoms with E-state index < -0.39 is 11.2 Å². The number of imidazole rings is 1. The Hall–Kier alpha value is -3.20. The number of nitrogens with one attached hydrogen (secondary N) is 1. The van der Waals surface area contributed by atoms with Crippen LogP contribution in [0.2, 0.25) is 0 Å². The number of aromatic nitrogens is 4. The van der Waals surface area contributed by atoms with Crippen molar-refractivity contribution >= 4 is 17.1 Å². The highest BCUT2D eigenvalue weighted by Crippen LogP contribution is 2.31. The van der Waals surface area contributed by atoms with Gasteiger partial charge < -0.3 is 14.8 Å². The highest BCUT2D eigenvalue weighted by Gasteiger charge is 2.34. The van der Waals surface area contributed by atoms with Crippen LogP contribution in [0.5, 0.6) is 0 Å². The molecule has 3 aromatic rings. The Morgan fingerprint density at radius 1 is 1.09 bits per heavy atom. The number of hydrogen-bond donors (Lipinski definition) is 1. The molecule has 0 radical (unpaired) electrons. The van der Waals surface area contributed by atoms with Crippen LogP contribution in [-0.4, -0.2) is 55.7 Å². The number of nitrogens with zero attached hydrogens (tertiary/aromatic N) is 5. The second-order valence-corrected chi connectivity index (χ2v) is 9.40. The Bertz CT molecular complexity index is 1270. The minimum atomic E-state index is -0.530. The van der Waals surface area contributed by atoms with E-state index in [9.17, 15) is 14.4 Å². The van der Waals surface area contributed by atoms with Gasteiger partial charge in [-0.2, -0.15) is 0 Å². The lowest BCUT2D eigenvalue weighted by Crippen LogP contribution is -2.54. The number of rotatable bonds is 8. The van der Waals surface area contributed by atoms with E-state index in [1.807, 2.05) is 51.4 Å². The minimum Gasteiger partial charge on any atom is -0.353 e. The molecular formula is C25H34N6O3. The van der Waals surface area contributed by atoms with Gasteiger partial charge in [-0.05, 0) is 39.4 Å². The van der Waals surface area contributed by atoms with Gasteiger partial charge in [-0.3, -0.25) is 14.2 Å². The van der Waals surface area contributed by atoms with Crippen LogP contribution in [0.15, 0.2) is 46.2 Å². The molecule has 0 saturated heterocycles. The number of fused-ring (bicyclic) bond motifs is 1. The quantitative estimate of drug-likeness (QED) is 0.546. The number of carbonyl (C=O) groups is 1. The fourth-order valence-electron chi connectivity index (χ4n) is 4.98. The first-order valence-corrected chi connectivity index (χ1v) is 12.0. The van der Waals surface area contributed by atoms with Crippen molar-refractivity contribution in [3.8, 4) is 0 Å². The van der Waals surface area contributed by atoms with Crippen LogP contribution in [0.4, 0.5) is 0 Å². The number of carbonyl (C=O) groups excluding carboxylic acids is 1. The molecule has 34 heavy (non-hydrogen) atoms. The maximum atomic E-state index is 13.4. The van der Waals surface area contributed by atoms with Gasteiger partial charge in [-0.25, -0.2) is 14.3 Å². The van der Waals surface area contributed by atoms with Crippen molar-refractivity contribution in [3.63, 3.8) is 0 Å². The molecule has 2 heterocycles. The van der Waals surface area contributed by atoms with Crippen LogP contribution in [-0.2, 0) is 24.4 Å². The standard InChI is InChI=1S/C25H34N6O3/c1-4-29-18-27-22-21(29)23(33)31(24(34)30(22)15-19-11-7-5-8-12-19)16-20(32)26-17-25(28(2)3)13-9-6-10-14-25/h5,7-8,11-12,18H,4,6,9-10,13-17H2,1-3H3,(H,26,32). The lowest BCUT2D eigenvalue weighted by atomic mass is 9.80. The Balaban J connectivity index is 1.66. The first-order valence-electron chi connectivity index (χ1n) is 12.0. The zero-order chi connectivity index (χ0) is 24.3. The van der Waals surface area contributed by atoms with Crippen LogP contribution < -0.4 is 16.6 Å². The molecule has 0 bridgehead atoms. The first-order chi connectivity index (χ1) is 16.4. The molecule has 2 aromatic heterocycles. The van der Waals surface area contributed by atoms with E-state index in [-0.39, 0.29) is 24.5 Å². The van der Waals surface area contributed by atoms with Crippen molar-refractivity contribution in [1.29, 1.82) is 0 Å². The van der Waals surface area contributed by atoms with Crippen LogP contribution in [0.25, 0.3) is 11.2 Å². The summed E-state index contributed by atoms with van der Waals surface area (Å²) in [6.07, 6.45) is 7.09. The predicted octanol–water partition coefficient (Wildman–Crippen LogP) is 1.81. The summed E-state index contributed by atoms with van der Waals surface area (Å²) in [5, 5.41) is 3.01. The second kappa shape index (κ2) is 9.97. The van der Waals surface area contributed by atoms with E-state index in [2.05, 4.69) is 15.2 Å². The molecule has 9 nitrogen and oxygen atoms in total.